The number of carbonyl (C=O) groups is 2. The summed E-state index contributed by atoms with van der Waals surface area (Å²) in [4.78, 5) is 22.3. The number of ether oxygens (including phenoxy) is 1. The number of methoxy groups -OCH3 is 1. The zero-order valence-electron chi connectivity index (χ0n) is 10.6. The third kappa shape index (κ3) is 3.61. The Morgan fingerprint density at radius 3 is 2.50 bits per heavy atom. The molecule has 2 N–H and O–H groups in total. The highest BCUT2D eigenvalue weighted by molar-refractivity contribution is 7.94. The molecule has 0 aromatic heterocycles. The molecule has 20 heavy (non-hydrogen) atoms. The van der Waals surface area contributed by atoms with Crippen LogP contribution in [0.2, 0.25) is 5.02 Å². The third-order valence-electron chi connectivity index (χ3n) is 2.45. The topological polar surface area (TPSA) is 110 Å². The van der Waals surface area contributed by atoms with Crippen LogP contribution in [0, 0.1) is 0 Å². The van der Waals surface area contributed by atoms with Gasteiger partial charge in [-0.3, -0.25) is 9.52 Å². The Labute approximate surface area is 120 Å². The molecule has 0 radical (unpaired) electrons. The van der Waals surface area contributed by atoms with Crippen LogP contribution in [-0.4, -0.2) is 37.8 Å². The Morgan fingerprint density at radius 2 is 2.00 bits per heavy atom. The van der Waals surface area contributed by atoms with Crippen LogP contribution in [0.1, 0.15) is 17.3 Å². The van der Waals surface area contributed by atoms with E-state index in [1.165, 1.54) is 18.2 Å². The average molecular weight is 322 g/mol. The van der Waals surface area contributed by atoms with Gasteiger partial charge in [0.05, 0.1) is 18.4 Å². The van der Waals surface area contributed by atoms with Crippen LogP contribution >= 0.6 is 11.6 Å². The van der Waals surface area contributed by atoms with Crippen molar-refractivity contribution in [2.45, 2.75) is 12.2 Å². The van der Waals surface area contributed by atoms with Gasteiger partial charge in [-0.2, -0.15) is 0 Å². The van der Waals surface area contributed by atoms with Crippen LogP contribution in [-0.2, 0) is 19.6 Å². The van der Waals surface area contributed by atoms with Gasteiger partial charge in [0.2, 0.25) is 10.0 Å². The monoisotopic (exact) mass is 321 g/mol. The smallest absolute Gasteiger partial charge is 0.339 e. The fraction of sp³-hybridized carbons (Fsp3) is 0.273. The van der Waals surface area contributed by atoms with E-state index in [0.717, 1.165) is 14.0 Å². The molecule has 0 bridgehead atoms. The second-order valence-electron chi connectivity index (χ2n) is 3.81. The number of hydrogen-bond donors (Lipinski definition) is 2. The summed E-state index contributed by atoms with van der Waals surface area (Å²) < 4.78 is 30.2. The zero-order chi connectivity index (χ0) is 15.5. The van der Waals surface area contributed by atoms with Gasteiger partial charge in [0.1, 0.15) is 0 Å². The molecular weight excluding hydrogens is 310 g/mol. The fourth-order valence-electron chi connectivity index (χ4n) is 1.26. The van der Waals surface area contributed by atoms with Crippen molar-refractivity contribution in [1.82, 2.24) is 0 Å². The quantitative estimate of drug-likeness (QED) is 0.792. The van der Waals surface area contributed by atoms with Crippen molar-refractivity contribution < 1.29 is 27.9 Å². The van der Waals surface area contributed by atoms with Gasteiger partial charge in [0.25, 0.3) is 0 Å². The molecule has 0 heterocycles. The van der Waals surface area contributed by atoms with Gasteiger partial charge >= 0.3 is 11.9 Å². The van der Waals surface area contributed by atoms with Crippen molar-refractivity contribution in [2.24, 2.45) is 0 Å². The molecule has 0 aliphatic rings. The maximum absolute atomic E-state index is 11.8. The molecule has 7 nitrogen and oxygen atoms in total. The molecule has 1 unspecified atom stereocenters. The Bertz CT molecular complexity index is 642. The minimum absolute atomic E-state index is 0.0712. The molecule has 1 aromatic carbocycles. The van der Waals surface area contributed by atoms with Crippen LogP contribution in [0.5, 0.6) is 0 Å². The van der Waals surface area contributed by atoms with Crippen molar-refractivity contribution in [3.63, 3.8) is 0 Å². The first-order chi connectivity index (χ1) is 9.19. The number of halogens is 1. The van der Waals surface area contributed by atoms with Crippen molar-refractivity contribution in [3.8, 4) is 0 Å². The lowest BCUT2D eigenvalue weighted by Crippen LogP contribution is -2.32. The number of sulfonamides is 1. The van der Waals surface area contributed by atoms with Gasteiger partial charge in [-0.15, -0.1) is 0 Å². The zero-order valence-corrected chi connectivity index (χ0v) is 12.2. The highest BCUT2D eigenvalue weighted by atomic mass is 35.5. The van der Waals surface area contributed by atoms with Crippen LogP contribution in [0.15, 0.2) is 18.2 Å². The summed E-state index contributed by atoms with van der Waals surface area (Å²) in [6, 6.07) is 3.85. The molecule has 0 amide bonds. The van der Waals surface area contributed by atoms with E-state index in [1.54, 1.807) is 0 Å². The van der Waals surface area contributed by atoms with Crippen LogP contribution in [0.25, 0.3) is 0 Å². The Kier molecular flexibility index (Phi) is 4.96. The fourth-order valence-corrected chi connectivity index (χ4v) is 2.35. The predicted octanol–water partition coefficient (Wildman–Crippen LogP) is 1.34. The maximum Gasteiger partial charge on any atom is 0.339 e. The first-order valence-corrected chi connectivity index (χ1v) is 7.23. The molecular formula is C11H12ClNO6S. The number of hydrogen-bond acceptors (Lipinski definition) is 5. The van der Waals surface area contributed by atoms with E-state index in [9.17, 15) is 18.0 Å². The van der Waals surface area contributed by atoms with Gasteiger partial charge in [-0.1, -0.05) is 11.6 Å². The van der Waals surface area contributed by atoms with Crippen molar-refractivity contribution >= 4 is 39.3 Å². The van der Waals surface area contributed by atoms with Crippen LogP contribution in [0.4, 0.5) is 5.69 Å². The van der Waals surface area contributed by atoms with Crippen LogP contribution in [0.3, 0.4) is 0 Å². The maximum atomic E-state index is 11.8. The molecule has 9 heteroatoms. The number of benzene rings is 1. The lowest BCUT2D eigenvalue weighted by atomic mass is 10.2. The SMILES string of the molecule is COC(=O)c1ccc(Cl)cc1NS(=O)(=O)C(C)C(=O)O. The number of esters is 1. The molecule has 0 saturated heterocycles. The Hall–Kier alpha value is -1.80. The number of nitrogens with one attached hydrogen (secondary N) is 1. The van der Waals surface area contributed by atoms with E-state index in [1.807, 2.05) is 4.72 Å². The lowest BCUT2D eigenvalue weighted by molar-refractivity contribution is -0.136. The van der Waals surface area contributed by atoms with Gasteiger partial charge in [0, 0.05) is 5.02 Å². The second-order valence-corrected chi connectivity index (χ2v) is 6.25. The summed E-state index contributed by atoms with van der Waals surface area (Å²) in [6.45, 7) is 1.01. The molecule has 110 valence electrons. The van der Waals surface area contributed by atoms with Crippen molar-refractivity contribution in [2.75, 3.05) is 11.8 Å². The van der Waals surface area contributed by atoms with Gasteiger partial charge < -0.3 is 9.84 Å². The summed E-state index contributed by atoms with van der Waals surface area (Å²) in [5.74, 6) is -2.29. The lowest BCUT2D eigenvalue weighted by Gasteiger charge is -2.14. The van der Waals surface area contributed by atoms with E-state index in [0.29, 0.717) is 0 Å². The number of anilines is 1. The highest BCUT2D eigenvalue weighted by Gasteiger charge is 2.29. The van der Waals surface area contributed by atoms with E-state index in [-0.39, 0.29) is 16.3 Å². The number of carboxylic acids is 1. The Morgan fingerprint density at radius 1 is 1.40 bits per heavy atom. The molecule has 0 aliphatic heterocycles. The first kappa shape index (κ1) is 16.3. The molecule has 0 saturated carbocycles. The van der Waals surface area contributed by atoms with Crippen LogP contribution < -0.4 is 4.72 Å². The first-order valence-electron chi connectivity index (χ1n) is 5.31. The number of rotatable bonds is 5. The summed E-state index contributed by atoms with van der Waals surface area (Å²) in [5, 5.41) is 7.23. The highest BCUT2D eigenvalue weighted by Crippen LogP contribution is 2.23. The second kappa shape index (κ2) is 6.10. The van der Waals surface area contributed by atoms with E-state index >= 15 is 0 Å². The van der Waals surface area contributed by atoms with Crippen molar-refractivity contribution in [3.05, 3.63) is 28.8 Å². The van der Waals surface area contributed by atoms with Crippen molar-refractivity contribution in [1.29, 1.82) is 0 Å². The molecule has 1 atom stereocenters. The molecule has 1 rings (SSSR count). The molecule has 0 aliphatic carbocycles. The largest absolute Gasteiger partial charge is 0.480 e. The summed E-state index contributed by atoms with van der Waals surface area (Å²) >= 11 is 5.73. The minimum Gasteiger partial charge on any atom is -0.480 e. The van der Waals surface area contributed by atoms with E-state index < -0.39 is 27.2 Å². The average Bonchev–Trinajstić information content (AvgIpc) is 2.36. The normalized spacial score (nSPS) is 12.6. The van der Waals surface area contributed by atoms with Gasteiger partial charge in [-0.05, 0) is 25.1 Å². The van der Waals surface area contributed by atoms with Gasteiger partial charge in [-0.25, -0.2) is 13.2 Å². The summed E-state index contributed by atoms with van der Waals surface area (Å²) in [6.07, 6.45) is 0. The molecule has 0 spiro atoms. The van der Waals surface area contributed by atoms with Gasteiger partial charge in [0.15, 0.2) is 5.25 Å². The summed E-state index contributed by atoms with van der Waals surface area (Å²) in [5.41, 5.74) is -0.212. The number of aliphatic carboxylic acids is 1. The molecule has 0 fully saturated rings. The third-order valence-corrected chi connectivity index (χ3v) is 4.32. The number of carbonyl (C=O) groups excluding carboxylic acids is 1. The minimum atomic E-state index is -4.21. The van der Waals surface area contributed by atoms with E-state index in [4.69, 9.17) is 16.7 Å². The standard InChI is InChI=1S/C11H12ClNO6S/c1-6(10(14)15)20(17,18)13-9-5-7(12)3-4-8(9)11(16)19-2/h3-6,13H,1-2H3,(H,14,15). The van der Waals surface area contributed by atoms with E-state index in [2.05, 4.69) is 4.74 Å². The Balaban J connectivity index is 3.24. The number of carboxylic acid groups (broad SMARTS) is 1. The summed E-state index contributed by atoms with van der Waals surface area (Å²) in [7, 11) is -3.08. The molecule has 1 aromatic rings. The predicted molar refractivity (Wildman–Crippen MR) is 72.4 cm³/mol.